The van der Waals surface area contributed by atoms with Gasteiger partial charge in [-0.1, -0.05) is 24.3 Å². The summed E-state index contributed by atoms with van der Waals surface area (Å²) < 4.78 is 1.89. The number of rotatable bonds is 3. The number of fused-ring (bicyclic) bond motifs is 1. The fraction of sp³-hybridized carbons (Fsp3) is 0.188. The highest BCUT2D eigenvalue weighted by atomic mass is 16.2. The van der Waals surface area contributed by atoms with Gasteiger partial charge in [-0.05, 0) is 30.7 Å². The van der Waals surface area contributed by atoms with E-state index in [1.807, 2.05) is 60.0 Å². The van der Waals surface area contributed by atoms with Gasteiger partial charge in [-0.3, -0.25) is 9.20 Å². The smallest absolute Gasteiger partial charge is 0.254 e. The second-order valence-electron chi connectivity index (χ2n) is 5.02. The molecule has 5 heteroatoms. The summed E-state index contributed by atoms with van der Waals surface area (Å²) >= 11 is 0. The van der Waals surface area contributed by atoms with Gasteiger partial charge in [-0.25, -0.2) is 0 Å². The van der Waals surface area contributed by atoms with Crippen LogP contribution >= 0.6 is 0 Å². The molecule has 2 heterocycles. The Kier molecular flexibility index (Phi) is 3.39. The third kappa shape index (κ3) is 2.50. The molecule has 5 nitrogen and oxygen atoms in total. The standard InChI is InChI=1S/C16H16N4O/c1-12-7-3-4-8-13(12)16(21)19(2)11-15-18-17-14-9-5-6-10-20(14)15/h3-10H,11H2,1-2H3. The number of aryl methyl sites for hydroxylation is 1. The minimum atomic E-state index is -0.0132. The van der Waals surface area contributed by atoms with Crippen molar-refractivity contribution in [3.8, 4) is 0 Å². The Morgan fingerprint density at radius 3 is 2.71 bits per heavy atom. The predicted octanol–water partition coefficient (Wildman–Crippen LogP) is 2.31. The highest BCUT2D eigenvalue weighted by Gasteiger charge is 2.16. The van der Waals surface area contributed by atoms with Gasteiger partial charge in [-0.2, -0.15) is 0 Å². The first-order valence-corrected chi connectivity index (χ1v) is 6.76. The van der Waals surface area contributed by atoms with Crippen LogP contribution in [0.25, 0.3) is 5.65 Å². The second-order valence-corrected chi connectivity index (χ2v) is 5.02. The summed E-state index contributed by atoms with van der Waals surface area (Å²) in [6.07, 6.45) is 1.90. The van der Waals surface area contributed by atoms with E-state index in [0.717, 1.165) is 17.0 Å². The minimum absolute atomic E-state index is 0.0132. The summed E-state index contributed by atoms with van der Waals surface area (Å²) in [6, 6.07) is 13.3. The minimum Gasteiger partial charge on any atom is -0.334 e. The molecule has 0 aliphatic carbocycles. The lowest BCUT2D eigenvalue weighted by Gasteiger charge is -2.17. The number of benzene rings is 1. The molecule has 0 saturated carbocycles. The monoisotopic (exact) mass is 280 g/mol. The zero-order valence-electron chi connectivity index (χ0n) is 12.0. The molecule has 2 aromatic heterocycles. The van der Waals surface area contributed by atoms with E-state index in [1.54, 1.807) is 11.9 Å². The van der Waals surface area contributed by atoms with E-state index in [0.29, 0.717) is 12.1 Å². The van der Waals surface area contributed by atoms with E-state index in [1.165, 1.54) is 0 Å². The number of hydrogen-bond donors (Lipinski definition) is 0. The van der Waals surface area contributed by atoms with E-state index in [-0.39, 0.29) is 5.91 Å². The van der Waals surface area contributed by atoms with Crippen LogP contribution < -0.4 is 0 Å². The van der Waals surface area contributed by atoms with Crippen LogP contribution in [0, 0.1) is 6.92 Å². The van der Waals surface area contributed by atoms with Crippen molar-refractivity contribution in [2.75, 3.05) is 7.05 Å². The molecule has 0 aliphatic rings. The van der Waals surface area contributed by atoms with E-state index in [4.69, 9.17) is 0 Å². The van der Waals surface area contributed by atoms with Crippen molar-refractivity contribution >= 4 is 11.6 Å². The lowest BCUT2D eigenvalue weighted by Crippen LogP contribution is -2.27. The molecular formula is C16H16N4O. The van der Waals surface area contributed by atoms with Crippen LogP contribution in [0.5, 0.6) is 0 Å². The molecule has 0 N–H and O–H groups in total. The molecular weight excluding hydrogens is 264 g/mol. The highest BCUT2D eigenvalue weighted by molar-refractivity contribution is 5.95. The molecule has 0 atom stereocenters. The summed E-state index contributed by atoms with van der Waals surface area (Å²) in [7, 11) is 1.78. The molecule has 0 spiro atoms. The van der Waals surface area contributed by atoms with Gasteiger partial charge in [0.05, 0.1) is 6.54 Å². The van der Waals surface area contributed by atoms with Gasteiger partial charge < -0.3 is 4.90 Å². The molecule has 0 unspecified atom stereocenters. The van der Waals surface area contributed by atoms with E-state index < -0.39 is 0 Å². The van der Waals surface area contributed by atoms with Crippen molar-refractivity contribution in [1.29, 1.82) is 0 Å². The zero-order valence-corrected chi connectivity index (χ0v) is 12.0. The van der Waals surface area contributed by atoms with E-state index >= 15 is 0 Å². The molecule has 3 aromatic rings. The van der Waals surface area contributed by atoms with Crippen LogP contribution in [0.1, 0.15) is 21.7 Å². The summed E-state index contributed by atoms with van der Waals surface area (Å²) in [4.78, 5) is 14.2. The number of pyridine rings is 1. The van der Waals surface area contributed by atoms with Crippen molar-refractivity contribution in [3.05, 3.63) is 65.6 Å². The van der Waals surface area contributed by atoms with Crippen LogP contribution in [-0.2, 0) is 6.54 Å². The maximum Gasteiger partial charge on any atom is 0.254 e. The van der Waals surface area contributed by atoms with Gasteiger partial charge in [0, 0.05) is 18.8 Å². The molecule has 106 valence electrons. The number of carbonyl (C=O) groups excluding carboxylic acids is 1. The van der Waals surface area contributed by atoms with Crippen molar-refractivity contribution < 1.29 is 4.79 Å². The molecule has 1 aromatic carbocycles. The number of carbonyl (C=O) groups is 1. The second kappa shape index (κ2) is 5.36. The number of amides is 1. The SMILES string of the molecule is Cc1ccccc1C(=O)N(C)Cc1nnc2ccccn12. The van der Waals surface area contributed by atoms with Gasteiger partial charge in [0.1, 0.15) is 0 Å². The average Bonchev–Trinajstić information content (AvgIpc) is 2.90. The van der Waals surface area contributed by atoms with E-state index in [9.17, 15) is 4.79 Å². The molecule has 0 fully saturated rings. The largest absolute Gasteiger partial charge is 0.334 e. The lowest BCUT2D eigenvalue weighted by molar-refractivity contribution is 0.0780. The summed E-state index contributed by atoms with van der Waals surface area (Å²) in [5.74, 6) is 0.732. The van der Waals surface area contributed by atoms with Gasteiger partial charge >= 0.3 is 0 Å². The van der Waals surface area contributed by atoms with Crippen molar-refractivity contribution in [3.63, 3.8) is 0 Å². The molecule has 1 amide bonds. The molecule has 21 heavy (non-hydrogen) atoms. The quantitative estimate of drug-likeness (QED) is 0.739. The Balaban J connectivity index is 1.85. The van der Waals surface area contributed by atoms with Crippen molar-refractivity contribution in [2.24, 2.45) is 0 Å². The highest BCUT2D eigenvalue weighted by Crippen LogP contribution is 2.12. The first-order chi connectivity index (χ1) is 10.2. The predicted molar refractivity (Wildman–Crippen MR) is 80.0 cm³/mol. The van der Waals surface area contributed by atoms with Crippen molar-refractivity contribution in [2.45, 2.75) is 13.5 Å². The maximum absolute atomic E-state index is 12.5. The topological polar surface area (TPSA) is 50.5 Å². The molecule has 0 bridgehead atoms. The van der Waals surface area contributed by atoms with Crippen LogP contribution in [-0.4, -0.2) is 32.5 Å². The van der Waals surface area contributed by atoms with Crippen molar-refractivity contribution in [1.82, 2.24) is 19.5 Å². The number of nitrogens with zero attached hydrogens (tertiary/aromatic N) is 4. The van der Waals surface area contributed by atoms with E-state index in [2.05, 4.69) is 10.2 Å². The third-order valence-electron chi connectivity index (χ3n) is 3.49. The normalized spacial score (nSPS) is 10.8. The van der Waals surface area contributed by atoms with Crippen LogP contribution in [0.4, 0.5) is 0 Å². The van der Waals surface area contributed by atoms with Crippen LogP contribution in [0.3, 0.4) is 0 Å². The van der Waals surface area contributed by atoms with Crippen LogP contribution in [0.15, 0.2) is 48.7 Å². The third-order valence-corrected chi connectivity index (χ3v) is 3.49. The molecule has 3 rings (SSSR count). The first kappa shape index (κ1) is 13.3. The zero-order chi connectivity index (χ0) is 14.8. The summed E-state index contributed by atoms with van der Waals surface area (Å²) in [6.45, 7) is 2.35. The van der Waals surface area contributed by atoms with Gasteiger partial charge in [0.15, 0.2) is 11.5 Å². The first-order valence-electron chi connectivity index (χ1n) is 6.76. The average molecular weight is 280 g/mol. The van der Waals surface area contributed by atoms with Crippen LogP contribution in [0.2, 0.25) is 0 Å². The molecule has 0 aliphatic heterocycles. The Labute approximate surface area is 122 Å². The maximum atomic E-state index is 12.5. The van der Waals surface area contributed by atoms with Gasteiger partial charge in [0.25, 0.3) is 5.91 Å². The molecule has 0 saturated heterocycles. The Bertz CT molecular complexity index is 794. The number of hydrogen-bond acceptors (Lipinski definition) is 3. The molecule has 0 radical (unpaired) electrons. The fourth-order valence-corrected chi connectivity index (χ4v) is 2.30. The lowest BCUT2D eigenvalue weighted by atomic mass is 10.1. The summed E-state index contributed by atoms with van der Waals surface area (Å²) in [5.41, 5.74) is 2.47. The van der Waals surface area contributed by atoms with Gasteiger partial charge in [-0.15, -0.1) is 10.2 Å². The van der Waals surface area contributed by atoms with Gasteiger partial charge in [0.2, 0.25) is 0 Å². The fourth-order valence-electron chi connectivity index (χ4n) is 2.30. The summed E-state index contributed by atoms with van der Waals surface area (Å²) in [5, 5.41) is 8.25. The Morgan fingerprint density at radius 1 is 1.14 bits per heavy atom. The Hall–Kier alpha value is -2.69. The Morgan fingerprint density at radius 2 is 1.90 bits per heavy atom. The number of aromatic nitrogens is 3.